The summed E-state index contributed by atoms with van der Waals surface area (Å²) in [7, 11) is 2.99. The number of carbonyl (C=O) groups is 1. The molecule has 1 fully saturated rings. The van der Waals surface area contributed by atoms with Crippen LogP contribution in [0, 0.1) is 0 Å². The molecule has 1 aromatic carbocycles. The minimum Gasteiger partial charge on any atom is -0.496 e. The number of carbonyl (C=O) groups excluding carboxylic acids is 1. The quantitative estimate of drug-likeness (QED) is 0.462. The minimum absolute atomic E-state index is 0.349. The highest BCUT2D eigenvalue weighted by Crippen LogP contribution is 2.28. The first kappa shape index (κ1) is 17.1. The molecule has 0 aromatic heterocycles. The Morgan fingerprint density at radius 1 is 1.36 bits per heavy atom. The van der Waals surface area contributed by atoms with Gasteiger partial charge in [-0.25, -0.2) is 4.79 Å². The maximum Gasteiger partial charge on any atom is 0.337 e. The van der Waals surface area contributed by atoms with E-state index in [0.717, 1.165) is 50.0 Å². The van der Waals surface area contributed by atoms with Crippen LogP contribution in [0.5, 0.6) is 5.75 Å². The highest BCUT2D eigenvalue weighted by Gasteiger charge is 2.12. The van der Waals surface area contributed by atoms with Gasteiger partial charge < -0.3 is 14.2 Å². The third kappa shape index (κ3) is 4.88. The van der Waals surface area contributed by atoms with Gasteiger partial charge in [0.15, 0.2) is 0 Å². The Morgan fingerprint density at radius 2 is 2.14 bits per heavy atom. The number of esters is 1. The van der Waals surface area contributed by atoms with E-state index in [1.807, 2.05) is 0 Å². The first-order valence-electron chi connectivity index (χ1n) is 7.20. The van der Waals surface area contributed by atoms with Crippen molar-refractivity contribution in [3.05, 3.63) is 23.8 Å². The molecule has 0 amide bonds. The third-order valence-corrected chi connectivity index (χ3v) is 4.29. The van der Waals surface area contributed by atoms with Gasteiger partial charge in [0.05, 0.1) is 37.9 Å². The first-order chi connectivity index (χ1) is 10.7. The zero-order chi connectivity index (χ0) is 15.8. The molecule has 0 radical (unpaired) electrons. The number of nitrogens with one attached hydrogen (secondary N) is 1. The van der Waals surface area contributed by atoms with E-state index >= 15 is 0 Å². The van der Waals surface area contributed by atoms with Crippen molar-refractivity contribution < 1.29 is 19.0 Å². The molecule has 0 aliphatic carbocycles. The summed E-state index contributed by atoms with van der Waals surface area (Å²) in [6, 6.07) is 5.25. The Bertz CT molecular complexity index is 492. The topological polar surface area (TPSA) is 60.0 Å². The molecule has 0 saturated carbocycles. The predicted molar refractivity (Wildman–Crippen MR) is 85.5 cm³/mol. The van der Waals surface area contributed by atoms with E-state index < -0.39 is 0 Å². The van der Waals surface area contributed by atoms with E-state index in [2.05, 4.69) is 9.62 Å². The van der Waals surface area contributed by atoms with Crippen LogP contribution in [0.15, 0.2) is 23.1 Å². The Labute approximate surface area is 135 Å². The van der Waals surface area contributed by atoms with Crippen LogP contribution in [0.1, 0.15) is 10.4 Å². The van der Waals surface area contributed by atoms with Gasteiger partial charge in [-0.1, -0.05) is 0 Å². The number of benzene rings is 1. The standard InChI is InChI=1S/C15H22N2O4S/c1-19-13-4-3-12(15(18)20-2)11-14(13)22-16-5-6-17-7-9-21-10-8-17/h3-4,11,16H,5-10H2,1-2H3. The SMILES string of the molecule is COC(=O)c1ccc(OC)c(SNCCN2CCOCC2)c1. The number of ether oxygens (including phenoxy) is 3. The molecule has 0 bridgehead atoms. The van der Waals surface area contributed by atoms with Gasteiger partial charge in [-0.2, -0.15) is 0 Å². The Morgan fingerprint density at radius 3 is 2.82 bits per heavy atom. The Hall–Kier alpha value is -1.28. The van der Waals surface area contributed by atoms with Crippen LogP contribution in [-0.2, 0) is 9.47 Å². The maximum atomic E-state index is 11.6. The molecule has 1 aromatic rings. The third-order valence-electron chi connectivity index (χ3n) is 3.40. The van der Waals surface area contributed by atoms with Crippen LogP contribution in [0.4, 0.5) is 0 Å². The number of hydrogen-bond acceptors (Lipinski definition) is 7. The fourth-order valence-electron chi connectivity index (χ4n) is 2.16. The van der Waals surface area contributed by atoms with Gasteiger partial charge in [0.1, 0.15) is 5.75 Å². The van der Waals surface area contributed by atoms with Gasteiger partial charge in [-0.05, 0) is 30.1 Å². The fraction of sp³-hybridized carbons (Fsp3) is 0.533. The average Bonchev–Trinajstić information content (AvgIpc) is 2.58. The molecule has 0 unspecified atom stereocenters. The van der Waals surface area contributed by atoms with E-state index in [0.29, 0.717) is 5.56 Å². The van der Waals surface area contributed by atoms with Crippen molar-refractivity contribution in [3.8, 4) is 5.75 Å². The molecule has 1 aliphatic rings. The summed E-state index contributed by atoms with van der Waals surface area (Å²) in [5.41, 5.74) is 0.515. The highest BCUT2D eigenvalue weighted by molar-refractivity contribution is 7.97. The molecule has 7 heteroatoms. The van der Waals surface area contributed by atoms with E-state index in [1.54, 1.807) is 25.3 Å². The second kappa shape index (κ2) is 8.99. The van der Waals surface area contributed by atoms with E-state index in [-0.39, 0.29) is 5.97 Å². The van der Waals surface area contributed by atoms with Gasteiger partial charge in [0.25, 0.3) is 0 Å². The molecule has 0 spiro atoms. The molecule has 22 heavy (non-hydrogen) atoms. The maximum absolute atomic E-state index is 11.6. The largest absolute Gasteiger partial charge is 0.496 e. The second-order valence-electron chi connectivity index (χ2n) is 4.81. The van der Waals surface area contributed by atoms with Crippen LogP contribution >= 0.6 is 11.9 Å². The van der Waals surface area contributed by atoms with Gasteiger partial charge in [0.2, 0.25) is 0 Å². The summed E-state index contributed by atoms with van der Waals surface area (Å²) < 4.78 is 18.7. The summed E-state index contributed by atoms with van der Waals surface area (Å²) >= 11 is 1.46. The monoisotopic (exact) mass is 326 g/mol. The average molecular weight is 326 g/mol. The number of morpholine rings is 1. The molecule has 1 aliphatic heterocycles. The smallest absolute Gasteiger partial charge is 0.337 e. The van der Waals surface area contributed by atoms with Crippen molar-refractivity contribution >= 4 is 17.9 Å². The zero-order valence-corrected chi connectivity index (χ0v) is 13.8. The van der Waals surface area contributed by atoms with Gasteiger partial charge in [-0.15, -0.1) is 0 Å². The summed E-state index contributed by atoms with van der Waals surface area (Å²) in [5.74, 6) is 0.384. The normalized spacial score (nSPS) is 15.5. The van der Waals surface area contributed by atoms with Gasteiger partial charge in [0, 0.05) is 26.2 Å². The molecular formula is C15H22N2O4S. The van der Waals surface area contributed by atoms with Gasteiger partial charge in [-0.3, -0.25) is 9.62 Å². The molecule has 1 heterocycles. The minimum atomic E-state index is -0.349. The zero-order valence-electron chi connectivity index (χ0n) is 13.0. The van der Waals surface area contributed by atoms with Crippen molar-refractivity contribution in [2.75, 3.05) is 53.6 Å². The van der Waals surface area contributed by atoms with Crippen LogP contribution in [-0.4, -0.2) is 64.5 Å². The first-order valence-corrected chi connectivity index (χ1v) is 8.02. The molecule has 6 nitrogen and oxygen atoms in total. The lowest BCUT2D eigenvalue weighted by Gasteiger charge is -2.26. The van der Waals surface area contributed by atoms with Crippen LogP contribution in [0.3, 0.4) is 0 Å². The predicted octanol–water partition coefficient (Wildman–Crippen LogP) is 1.41. The highest BCUT2D eigenvalue weighted by atomic mass is 32.2. The van der Waals surface area contributed by atoms with Gasteiger partial charge >= 0.3 is 5.97 Å². The summed E-state index contributed by atoms with van der Waals surface area (Å²) in [6.45, 7) is 5.39. The van der Waals surface area contributed by atoms with Crippen molar-refractivity contribution in [2.24, 2.45) is 0 Å². The van der Waals surface area contributed by atoms with Crippen LogP contribution in [0.2, 0.25) is 0 Å². The van der Waals surface area contributed by atoms with Crippen LogP contribution < -0.4 is 9.46 Å². The fourth-order valence-corrected chi connectivity index (χ4v) is 2.95. The van der Waals surface area contributed by atoms with Crippen molar-refractivity contribution in [1.82, 2.24) is 9.62 Å². The number of nitrogens with zero attached hydrogens (tertiary/aromatic N) is 1. The van der Waals surface area contributed by atoms with E-state index in [4.69, 9.17) is 14.2 Å². The van der Waals surface area contributed by atoms with Crippen molar-refractivity contribution in [2.45, 2.75) is 4.90 Å². The number of rotatable bonds is 7. The lowest BCUT2D eigenvalue weighted by Crippen LogP contribution is -2.39. The van der Waals surface area contributed by atoms with E-state index in [9.17, 15) is 4.79 Å². The summed E-state index contributed by atoms with van der Waals surface area (Å²) in [5, 5.41) is 0. The summed E-state index contributed by atoms with van der Waals surface area (Å²) in [6.07, 6.45) is 0. The lowest BCUT2D eigenvalue weighted by molar-refractivity contribution is 0.0391. The van der Waals surface area contributed by atoms with Crippen LogP contribution in [0.25, 0.3) is 0 Å². The molecule has 1 N–H and O–H groups in total. The molecular weight excluding hydrogens is 304 g/mol. The molecule has 2 rings (SSSR count). The summed E-state index contributed by atoms with van der Waals surface area (Å²) in [4.78, 5) is 14.8. The molecule has 122 valence electrons. The molecule has 1 saturated heterocycles. The Balaban J connectivity index is 1.86. The molecule has 0 atom stereocenters. The second-order valence-corrected chi connectivity index (χ2v) is 5.74. The Kier molecular flexibility index (Phi) is 6.98. The lowest BCUT2D eigenvalue weighted by atomic mass is 10.2. The van der Waals surface area contributed by atoms with E-state index in [1.165, 1.54) is 19.1 Å². The van der Waals surface area contributed by atoms with Crippen molar-refractivity contribution in [1.29, 1.82) is 0 Å². The number of methoxy groups -OCH3 is 2. The van der Waals surface area contributed by atoms with Crippen molar-refractivity contribution in [3.63, 3.8) is 0 Å². The number of hydrogen-bond donors (Lipinski definition) is 1.